The molecule has 1 atom stereocenters. The average molecular weight is 267 g/mol. The zero-order chi connectivity index (χ0) is 8.53. The van der Waals surface area contributed by atoms with Crippen molar-refractivity contribution in [1.82, 2.24) is 3.53 Å². The van der Waals surface area contributed by atoms with E-state index < -0.39 is 0 Å². The summed E-state index contributed by atoms with van der Waals surface area (Å²) >= 11 is 2.23. The number of hydrogen-bond acceptors (Lipinski definition) is 1. The molecule has 11 heavy (non-hydrogen) atoms. The van der Waals surface area contributed by atoms with Crippen molar-refractivity contribution in [1.29, 1.82) is 0 Å². The van der Waals surface area contributed by atoms with Crippen molar-refractivity contribution in [3.63, 3.8) is 0 Å². The third-order valence-electron chi connectivity index (χ3n) is 1.61. The highest BCUT2D eigenvalue weighted by molar-refractivity contribution is 14.1. The van der Waals surface area contributed by atoms with Gasteiger partial charge in [-0.3, -0.25) is 3.53 Å². The van der Waals surface area contributed by atoms with Crippen molar-refractivity contribution >= 4 is 22.9 Å². The van der Waals surface area contributed by atoms with Gasteiger partial charge in [-0.15, -0.1) is 0 Å². The molecule has 0 fully saturated rings. The molecule has 0 aliphatic rings. The minimum absolute atomic E-state index is 0.579. The van der Waals surface area contributed by atoms with E-state index in [9.17, 15) is 0 Å². The Hall–Kier alpha value is 0.430. The van der Waals surface area contributed by atoms with Gasteiger partial charge >= 0.3 is 0 Å². The zero-order valence-electron chi connectivity index (χ0n) is 7.44. The van der Waals surface area contributed by atoms with E-state index in [-0.39, 0.29) is 0 Å². The maximum Gasteiger partial charge on any atom is 0.0343 e. The molecule has 1 N–H and O–H groups in total. The summed E-state index contributed by atoms with van der Waals surface area (Å²) in [7, 11) is 0. The van der Waals surface area contributed by atoms with E-state index in [1.807, 2.05) is 0 Å². The molecule has 66 valence electrons. The van der Waals surface area contributed by atoms with E-state index in [0.717, 1.165) is 6.42 Å². The third-order valence-corrected chi connectivity index (χ3v) is 2.41. The SMILES string of the molecule is CC/C=C/C(CCCC)NI. The Labute approximate surface area is 84.1 Å². The van der Waals surface area contributed by atoms with Gasteiger partial charge in [0, 0.05) is 28.9 Å². The summed E-state index contributed by atoms with van der Waals surface area (Å²) < 4.78 is 3.25. The highest BCUT2D eigenvalue weighted by Crippen LogP contribution is 2.03. The first kappa shape index (κ1) is 11.4. The molecule has 0 aromatic rings. The predicted octanol–water partition coefficient (Wildman–Crippen LogP) is 3.45. The smallest absolute Gasteiger partial charge is 0.0343 e. The first-order valence-corrected chi connectivity index (χ1v) is 5.45. The lowest BCUT2D eigenvalue weighted by Gasteiger charge is -2.08. The maximum atomic E-state index is 3.25. The monoisotopic (exact) mass is 267 g/mol. The number of rotatable bonds is 6. The summed E-state index contributed by atoms with van der Waals surface area (Å²) in [6, 6.07) is 0.579. The minimum Gasteiger partial charge on any atom is -0.254 e. The molecule has 0 amide bonds. The number of hydrogen-bond donors (Lipinski definition) is 1. The molecule has 2 heteroatoms. The van der Waals surface area contributed by atoms with E-state index in [0.29, 0.717) is 6.04 Å². The third kappa shape index (κ3) is 6.81. The largest absolute Gasteiger partial charge is 0.254 e. The lowest BCUT2D eigenvalue weighted by atomic mass is 10.1. The van der Waals surface area contributed by atoms with E-state index in [1.165, 1.54) is 19.3 Å². The Morgan fingerprint density at radius 2 is 2.18 bits per heavy atom. The van der Waals surface area contributed by atoms with Crippen molar-refractivity contribution < 1.29 is 0 Å². The van der Waals surface area contributed by atoms with Crippen LogP contribution in [0.25, 0.3) is 0 Å². The fraction of sp³-hybridized carbons (Fsp3) is 0.778. The summed E-state index contributed by atoms with van der Waals surface area (Å²) in [5.74, 6) is 0. The Morgan fingerprint density at radius 3 is 2.64 bits per heavy atom. The van der Waals surface area contributed by atoms with Crippen LogP contribution in [0.5, 0.6) is 0 Å². The van der Waals surface area contributed by atoms with Crippen LogP contribution in [0.4, 0.5) is 0 Å². The van der Waals surface area contributed by atoms with Gasteiger partial charge in [0.15, 0.2) is 0 Å². The van der Waals surface area contributed by atoms with Crippen LogP contribution in [0.15, 0.2) is 12.2 Å². The molecule has 1 unspecified atom stereocenters. The number of unbranched alkanes of at least 4 members (excludes halogenated alkanes) is 1. The normalized spacial score (nSPS) is 14.1. The quantitative estimate of drug-likeness (QED) is 0.441. The first-order valence-electron chi connectivity index (χ1n) is 4.38. The first-order chi connectivity index (χ1) is 5.35. The Morgan fingerprint density at radius 1 is 1.45 bits per heavy atom. The molecule has 0 saturated carbocycles. The van der Waals surface area contributed by atoms with Gasteiger partial charge in [0.25, 0.3) is 0 Å². The van der Waals surface area contributed by atoms with E-state index >= 15 is 0 Å². The highest BCUT2D eigenvalue weighted by Gasteiger charge is 1.98. The lowest BCUT2D eigenvalue weighted by molar-refractivity contribution is 0.638. The molecule has 0 radical (unpaired) electrons. The molecular weight excluding hydrogens is 249 g/mol. The summed E-state index contributed by atoms with van der Waals surface area (Å²) in [5, 5.41) is 0. The Balaban J connectivity index is 3.48. The van der Waals surface area contributed by atoms with Crippen molar-refractivity contribution in [2.24, 2.45) is 0 Å². The topological polar surface area (TPSA) is 12.0 Å². The van der Waals surface area contributed by atoms with Crippen molar-refractivity contribution in [2.45, 2.75) is 45.6 Å². The van der Waals surface area contributed by atoms with E-state index in [1.54, 1.807) is 0 Å². The Bertz CT molecular complexity index is 102. The number of halogens is 1. The maximum absolute atomic E-state index is 3.25. The highest BCUT2D eigenvalue weighted by atomic mass is 127. The summed E-state index contributed by atoms with van der Waals surface area (Å²) in [6.07, 6.45) is 9.49. The molecule has 0 aromatic carbocycles. The van der Waals surface area contributed by atoms with Crippen LogP contribution in [0.3, 0.4) is 0 Å². The van der Waals surface area contributed by atoms with Gasteiger partial charge in [-0.2, -0.15) is 0 Å². The standard InChI is InChI=1S/C9H18IN/c1-3-5-7-9(11-10)8-6-4-2/h5,7,9,11H,3-4,6,8H2,1-2H3/b7-5+. The molecule has 0 spiro atoms. The van der Waals surface area contributed by atoms with Gasteiger partial charge in [-0.25, -0.2) is 0 Å². The average Bonchev–Trinajstić information content (AvgIpc) is 2.05. The van der Waals surface area contributed by atoms with Gasteiger partial charge in [-0.1, -0.05) is 38.8 Å². The predicted molar refractivity (Wildman–Crippen MR) is 59.9 cm³/mol. The van der Waals surface area contributed by atoms with Gasteiger partial charge in [0.1, 0.15) is 0 Å². The van der Waals surface area contributed by atoms with Gasteiger partial charge in [0.05, 0.1) is 0 Å². The fourth-order valence-electron chi connectivity index (χ4n) is 0.912. The molecule has 0 bridgehead atoms. The minimum atomic E-state index is 0.579. The number of allylic oxidation sites excluding steroid dienone is 1. The fourth-order valence-corrected chi connectivity index (χ4v) is 1.43. The van der Waals surface area contributed by atoms with Gasteiger partial charge in [0.2, 0.25) is 0 Å². The second-order valence-corrected chi connectivity index (χ2v) is 3.32. The van der Waals surface area contributed by atoms with Crippen LogP contribution in [0.1, 0.15) is 39.5 Å². The molecule has 0 aromatic heterocycles. The second-order valence-electron chi connectivity index (χ2n) is 2.69. The van der Waals surface area contributed by atoms with Crippen LogP contribution < -0.4 is 3.53 Å². The molecule has 1 nitrogen and oxygen atoms in total. The second kappa shape index (κ2) is 8.53. The van der Waals surface area contributed by atoms with Crippen molar-refractivity contribution in [3.05, 3.63) is 12.2 Å². The van der Waals surface area contributed by atoms with Crippen LogP contribution in [0, 0.1) is 0 Å². The molecule has 0 rings (SSSR count). The van der Waals surface area contributed by atoms with Crippen LogP contribution in [0.2, 0.25) is 0 Å². The molecular formula is C9H18IN. The van der Waals surface area contributed by atoms with E-state index in [2.05, 4.69) is 52.4 Å². The van der Waals surface area contributed by atoms with E-state index in [4.69, 9.17) is 0 Å². The number of nitrogens with one attached hydrogen (secondary N) is 1. The van der Waals surface area contributed by atoms with Crippen molar-refractivity contribution in [2.75, 3.05) is 0 Å². The summed E-state index contributed by atoms with van der Waals surface area (Å²) in [6.45, 7) is 4.40. The summed E-state index contributed by atoms with van der Waals surface area (Å²) in [5.41, 5.74) is 0. The van der Waals surface area contributed by atoms with Crippen LogP contribution >= 0.6 is 22.9 Å². The molecule has 0 heterocycles. The van der Waals surface area contributed by atoms with Gasteiger partial charge < -0.3 is 0 Å². The molecule has 0 aliphatic carbocycles. The van der Waals surface area contributed by atoms with Crippen molar-refractivity contribution in [3.8, 4) is 0 Å². The van der Waals surface area contributed by atoms with Crippen LogP contribution in [-0.2, 0) is 0 Å². The Kier molecular flexibility index (Phi) is 8.86. The van der Waals surface area contributed by atoms with Gasteiger partial charge in [-0.05, 0) is 12.8 Å². The summed E-state index contributed by atoms with van der Waals surface area (Å²) in [4.78, 5) is 0. The molecule has 0 saturated heterocycles. The lowest BCUT2D eigenvalue weighted by Crippen LogP contribution is -2.16. The van der Waals surface area contributed by atoms with Crippen LogP contribution in [-0.4, -0.2) is 6.04 Å². The molecule has 0 aliphatic heterocycles. The zero-order valence-corrected chi connectivity index (χ0v) is 9.60.